The Morgan fingerprint density at radius 1 is 0.621 bits per heavy atom. The third-order valence-corrected chi connectivity index (χ3v) is 5.59. The zero-order valence-electron chi connectivity index (χ0n) is 17.4. The average Bonchev–Trinajstić information content (AvgIpc) is 2.74. The van der Waals surface area contributed by atoms with E-state index in [0.717, 1.165) is 0 Å². The minimum atomic E-state index is 1.24. The molecule has 0 unspecified atom stereocenters. The minimum Gasteiger partial charge on any atom is -0.0991 e. The van der Waals surface area contributed by atoms with Crippen molar-refractivity contribution in [3.05, 3.63) is 114 Å². The fourth-order valence-corrected chi connectivity index (χ4v) is 4.08. The van der Waals surface area contributed by atoms with E-state index >= 15 is 0 Å². The first-order chi connectivity index (χ1) is 14.1. The molecule has 29 heavy (non-hydrogen) atoms. The van der Waals surface area contributed by atoms with Crippen molar-refractivity contribution < 1.29 is 0 Å². The van der Waals surface area contributed by atoms with Crippen molar-refractivity contribution in [2.75, 3.05) is 0 Å². The van der Waals surface area contributed by atoms with Crippen LogP contribution >= 0.6 is 0 Å². The summed E-state index contributed by atoms with van der Waals surface area (Å²) >= 11 is 0. The second-order valence-electron chi connectivity index (χ2n) is 7.66. The molecule has 0 N–H and O–H groups in total. The van der Waals surface area contributed by atoms with Gasteiger partial charge in [-0.15, -0.1) is 0 Å². The first-order valence-electron chi connectivity index (χ1n) is 10.1. The number of benzene rings is 4. The van der Waals surface area contributed by atoms with Crippen LogP contribution < -0.4 is 0 Å². The van der Waals surface area contributed by atoms with Gasteiger partial charge in [-0.25, -0.2) is 0 Å². The van der Waals surface area contributed by atoms with Crippen LogP contribution in [0.3, 0.4) is 0 Å². The first kappa shape index (κ1) is 19.0. The molecule has 142 valence electrons. The van der Waals surface area contributed by atoms with E-state index in [9.17, 15) is 0 Å². The summed E-state index contributed by atoms with van der Waals surface area (Å²) in [5.41, 5.74) is 10.2. The number of hydrogen-bond donors (Lipinski definition) is 0. The van der Waals surface area contributed by atoms with Crippen molar-refractivity contribution in [3.63, 3.8) is 0 Å². The zero-order chi connectivity index (χ0) is 20.4. The van der Waals surface area contributed by atoms with Gasteiger partial charge in [-0.1, -0.05) is 109 Å². The van der Waals surface area contributed by atoms with E-state index in [1.807, 2.05) is 12.2 Å². The van der Waals surface area contributed by atoms with Gasteiger partial charge in [0.05, 0.1) is 0 Å². The van der Waals surface area contributed by atoms with Crippen LogP contribution in [0.25, 0.3) is 39.1 Å². The molecule has 0 spiro atoms. The Labute approximate surface area is 173 Å². The molecule has 0 aliphatic carbocycles. The summed E-state index contributed by atoms with van der Waals surface area (Å²) in [7, 11) is 0. The van der Waals surface area contributed by atoms with Crippen LogP contribution in [-0.4, -0.2) is 0 Å². The maximum absolute atomic E-state index is 3.89. The van der Waals surface area contributed by atoms with Crippen LogP contribution in [0.5, 0.6) is 0 Å². The maximum Gasteiger partial charge on any atom is -0.00297 e. The molecule has 0 saturated heterocycles. The molecule has 0 atom stereocenters. The van der Waals surface area contributed by atoms with Crippen LogP contribution in [-0.2, 0) is 0 Å². The molecule has 0 radical (unpaired) electrons. The lowest BCUT2D eigenvalue weighted by molar-refractivity contribution is 1.42. The van der Waals surface area contributed by atoms with E-state index in [-0.39, 0.29) is 0 Å². The molecule has 0 heterocycles. The van der Waals surface area contributed by atoms with Crippen LogP contribution in [0, 0.1) is 20.8 Å². The highest BCUT2D eigenvalue weighted by molar-refractivity contribution is 6.09. The first-order valence-corrected chi connectivity index (χ1v) is 10.1. The Morgan fingerprint density at radius 2 is 1.10 bits per heavy atom. The molecule has 0 bridgehead atoms. The lowest BCUT2D eigenvalue weighted by atomic mass is 9.83. The number of aryl methyl sites for hydroxylation is 2. The Hall–Kier alpha value is -3.38. The number of fused-ring (bicyclic) bond motifs is 1. The highest BCUT2D eigenvalue weighted by Gasteiger charge is 2.17. The van der Waals surface area contributed by atoms with Gasteiger partial charge in [0.25, 0.3) is 0 Å². The van der Waals surface area contributed by atoms with Crippen molar-refractivity contribution in [2.45, 2.75) is 20.8 Å². The van der Waals surface area contributed by atoms with Crippen molar-refractivity contribution in [1.29, 1.82) is 0 Å². The van der Waals surface area contributed by atoms with Gasteiger partial charge in [0.1, 0.15) is 0 Å². The van der Waals surface area contributed by atoms with Gasteiger partial charge in [-0.3, -0.25) is 0 Å². The topological polar surface area (TPSA) is 0 Å². The molecule has 4 aromatic rings. The van der Waals surface area contributed by atoms with Crippen molar-refractivity contribution in [1.82, 2.24) is 0 Å². The van der Waals surface area contributed by atoms with Crippen LogP contribution in [0.1, 0.15) is 22.3 Å². The molecule has 0 aliphatic heterocycles. The zero-order valence-corrected chi connectivity index (χ0v) is 17.4. The molecule has 0 nitrogen and oxygen atoms in total. The van der Waals surface area contributed by atoms with Gasteiger partial charge < -0.3 is 0 Å². The molecule has 0 fully saturated rings. The standard InChI is InChI=1S/C29H26/c1-5-6-9-25-22(4)28(23-16-12-20(2)13-17-23)26-10-7-8-11-27(26)29(25)24-18-14-21(3)15-19-24/h5-19H,1H2,2-4H3/b9-6-. The highest BCUT2D eigenvalue weighted by Crippen LogP contribution is 2.42. The summed E-state index contributed by atoms with van der Waals surface area (Å²) in [5, 5.41) is 2.57. The highest BCUT2D eigenvalue weighted by atomic mass is 14.2. The summed E-state index contributed by atoms with van der Waals surface area (Å²) in [4.78, 5) is 0. The fraction of sp³-hybridized carbons (Fsp3) is 0.103. The largest absolute Gasteiger partial charge is 0.0991 e. The molecule has 4 rings (SSSR count). The molecule has 0 aliphatic rings. The predicted octanol–water partition coefficient (Wildman–Crippen LogP) is 8.30. The molecular formula is C29H26. The SMILES string of the molecule is C=C/C=C\c1c(C)c(-c2ccc(C)cc2)c2ccccc2c1-c1ccc(C)cc1. The predicted molar refractivity (Wildman–Crippen MR) is 128 cm³/mol. The fourth-order valence-electron chi connectivity index (χ4n) is 4.08. The summed E-state index contributed by atoms with van der Waals surface area (Å²) in [6, 6.07) is 26.4. The Balaban J connectivity index is 2.14. The van der Waals surface area contributed by atoms with Crippen molar-refractivity contribution in [2.24, 2.45) is 0 Å². The van der Waals surface area contributed by atoms with E-state index in [2.05, 4.69) is 106 Å². The third-order valence-electron chi connectivity index (χ3n) is 5.59. The smallest absolute Gasteiger partial charge is 0.00297 e. The summed E-state index contributed by atoms with van der Waals surface area (Å²) in [5.74, 6) is 0. The monoisotopic (exact) mass is 374 g/mol. The van der Waals surface area contributed by atoms with E-state index in [1.54, 1.807) is 0 Å². The van der Waals surface area contributed by atoms with E-state index in [1.165, 1.54) is 55.3 Å². The van der Waals surface area contributed by atoms with E-state index < -0.39 is 0 Å². The van der Waals surface area contributed by atoms with E-state index in [0.29, 0.717) is 0 Å². The molecule has 0 heteroatoms. The molecule has 4 aromatic carbocycles. The summed E-state index contributed by atoms with van der Waals surface area (Å²) in [6.07, 6.45) is 6.08. The second kappa shape index (κ2) is 7.93. The molecule has 0 amide bonds. The Bertz CT molecular complexity index is 1200. The average molecular weight is 375 g/mol. The Morgan fingerprint density at radius 3 is 1.62 bits per heavy atom. The number of allylic oxidation sites excluding steroid dienone is 2. The summed E-state index contributed by atoms with van der Waals surface area (Å²) < 4.78 is 0. The summed E-state index contributed by atoms with van der Waals surface area (Å²) in [6.45, 7) is 10.4. The molecule has 0 saturated carbocycles. The van der Waals surface area contributed by atoms with Crippen molar-refractivity contribution in [3.8, 4) is 22.3 Å². The van der Waals surface area contributed by atoms with Gasteiger partial charge in [-0.2, -0.15) is 0 Å². The molecular weight excluding hydrogens is 348 g/mol. The van der Waals surface area contributed by atoms with Gasteiger partial charge in [0.2, 0.25) is 0 Å². The maximum atomic E-state index is 3.89. The van der Waals surface area contributed by atoms with Gasteiger partial charge >= 0.3 is 0 Å². The van der Waals surface area contributed by atoms with Crippen LogP contribution in [0.4, 0.5) is 0 Å². The van der Waals surface area contributed by atoms with Gasteiger partial charge in [0.15, 0.2) is 0 Å². The Kier molecular flexibility index (Phi) is 5.18. The minimum absolute atomic E-state index is 1.24. The number of rotatable bonds is 4. The van der Waals surface area contributed by atoms with Gasteiger partial charge in [0, 0.05) is 0 Å². The third kappa shape index (κ3) is 3.54. The normalized spacial score (nSPS) is 11.3. The molecule has 0 aromatic heterocycles. The lowest BCUT2D eigenvalue weighted by Gasteiger charge is -2.20. The number of hydrogen-bond acceptors (Lipinski definition) is 0. The van der Waals surface area contributed by atoms with E-state index in [4.69, 9.17) is 0 Å². The lowest BCUT2D eigenvalue weighted by Crippen LogP contribution is -1.96. The quantitative estimate of drug-likeness (QED) is 0.315. The van der Waals surface area contributed by atoms with Crippen molar-refractivity contribution >= 4 is 16.8 Å². The van der Waals surface area contributed by atoms with Gasteiger partial charge in [-0.05, 0) is 64.9 Å². The van der Waals surface area contributed by atoms with Crippen LogP contribution in [0.15, 0.2) is 91.5 Å². The van der Waals surface area contributed by atoms with Crippen LogP contribution in [0.2, 0.25) is 0 Å². The second-order valence-corrected chi connectivity index (χ2v) is 7.66.